The maximum atomic E-state index is 16.9. The first-order chi connectivity index (χ1) is 48.7. The van der Waals surface area contributed by atoms with Gasteiger partial charge >= 0.3 is 26.4 Å². The van der Waals surface area contributed by atoms with E-state index in [4.69, 9.17) is 16.6 Å². The van der Waals surface area contributed by atoms with Crippen molar-refractivity contribution < 1.29 is 22.1 Å². The average molecular weight is 1280 g/mol. The van der Waals surface area contributed by atoms with Crippen molar-refractivity contribution >= 4 is 115 Å². The van der Waals surface area contributed by atoms with E-state index < -0.39 is 7.26 Å². The van der Waals surface area contributed by atoms with E-state index in [1.54, 1.807) is 33.2 Å². The first kappa shape index (κ1) is 58.2. The number of nitrogens with zero attached hydrogens (tertiary/aromatic N) is 10. The molecule has 0 fully saturated rings. The molecule has 0 atom stereocenters. The zero-order chi connectivity index (χ0) is 66.4. The number of pyridine rings is 2. The van der Waals surface area contributed by atoms with Crippen molar-refractivity contribution in [3.05, 3.63) is 349 Å². The molecular formula is C84H50B2F3N10+2. The van der Waals surface area contributed by atoms with Crippen LogP contribution in [0.3, 0.4) is 0 Å². The summed E-state index contributed by atoms with van der Waals surface area (Å²) in [6, 6.07) is 95.8. The van der Waals surface area contributed by atoms with Gasteiger partial charge < -0.3 is 14.3 Å². The second-order valence-corrected chi connectivity index (χ2v) is 24.7. The van der Waals surface area contributed by atoms with Crippen LogP contribution in [0.4, 0.5) is 58.9 Å². The molecule has 0 spiro atoms. The summed E-state index contributed by atoms with van der Waals surface area (Å²) in [5.74, 6) is 0.735. The maximum Gasteiger partial charge on any atom is 0.727 e. The van der Waals surface area contributed by atoms with Crippen LogP contribution in [-0.2, 0) is 0 Å². The highest BCUT2D eigenvalue weighted by Crippen LogP contribution is 2.42. The van der Waals surface area contributed by atoms with Crippen LogP contribution in [0.2, 0.25) is 0 Å². The Bertz CT molecular complexity index is 6160. The topological polar surface area (TPSA) is 77.0 Å². The van der Waals surface area contributed by atoms with Gasteiger partial charge in [-0.05, 0) is 199 Å². The molecule has 10 nitrogen and oxygen atoms in total. The van der Waals surface area contributed by atoms with Crippen molar-refractivity contribution in [3.8, 4) is 50.6 Å². The second-order valence-electron chi connectivity index (χ2n) is 24.7. The lowest BCUT2D eigenvalue weighted by atomic mass is 9.99. The Morgan fingerprint density at radius 2 is 0.818 bits per heavy atom. The summed E-state index contributed by atoms with van der Waals surface area (Å²) in [4.78, 5) is 18.4. The number of hydrogen-bond donors (Lipinski definition) is 0. The molecule has 461 valence electrons. The number of allylic oxidation sites excluding steroid dienone is 1. The number of rotatable bonds is 12. The second kappa shape index (κ2) is 23.5. The predicted octanol–water partition coefficient (Wildman–Crippen LogP) is 18.9. The summed E-state index contributed by atoms with van der Waals surface area (Å²) in [5, 5.41) is 17.4. The van der Waals surface area contributed by atoms with E-state index in [0.29, 0.717) is 22.4 Å². The zero-order valence-corrected chi connectivity index (χ0v) is 52.6. The smallest absolute Gasteiger partial charge is 0.311 e. The molecule has 4 aromatic heterocycles. The fourth-order valence-corrected chi connectivity index (χ4v) is 14.2. The molecule has 99 heavy (non-hydrogen) atoms. The highest BCUT2D eigenvalue weighted by molar-refractivity contribution is 6.42. The van der Waals surface area contributed by atoms with E-state index in [9.17, 15) is 14.0 Å². The average Bonchev–Trinajstić information content (AvgIpc) is 1.57. The van der Waals surface area contributed by atoms with Crippen molar-refractivity contribution in [2.24, 2.45) is 9.98 Å². The highest BCUT2D eigenvalue weighted by Gasteiger charge is 2.40. The highest BCUT2D eigenvalue weighted by atomic mass is 19.1. The summed E-state index contributed by atoms with van der Waals surface area (Å²) >= 11 is 0. The molecule has 0 amide bonds. The first-order valence-corrected chi connectivity index (χ1v) is 32.3. The molecule has 0 N–H and O–H groups in total. The normalized spacial score (nSPS) is 12.4. The van der Waals surface area contributed by atoms with Crippen LogP contribution in [-0.4, -0.2) is 23.8 Å². The van der Waals surface area contributed by atoms with Crippen LogP contribution in [0.1, 0.15) is 11.1 Å². The minimum Gasteiger partial charge on any atom is -0.311 e. The van der Waals surface area contributed by atoms with Crippen LogP contribution >= 0.6 is 0 Å². The van der Waals surface area contributed by atoms with Gasteiger partial charge in [-0.1, -0.05) is 146 Å². The van der Waals surface area contributed by atoms with Gasteiger partial charge in [0.25, 0.3) is 0 Å². The molecular weight excluding hydrogens is 1230 g/mol. The third kappa shape index (κ3) is 9.98. The largest absolute Gasteiger partial charge is 0.727 e. The van der Waals surface area contributed by atoms with Crippen LogP contribution in [0.5, 0.6) is 0 Å². The Hall–Kier alpha value is -13.4. The monoisotopic (exact) mass is 1280 g/mol. The Balaban J connectivity index is 0.653. The van der Waals surface area contributed by atoms with Gasteiger partial charge in [0.2, 0.25) is 16.7 Å². The molecule has 2 aliphatic heterocycles. The molecule has 0 saturated heterocycles. The molecule has 15 heteroatoms. The van der Waals surface area contributed by atoms with Gasteiger partial charge in [-0.2, -0.15) is 5.26 Å². The first-order valence-electron chi connectivity index (χ1n) is 32.3. The van der Waals surface area contributed by atoms with Crippen LogP contribution in [0.25, 0.3) is 104 Å². The standard InChI is InChI=1S/C84H50B2F3N10/c1-91-82(62-28-46-72(47-29-62)97(68-38-20-56(21-39-68)54-16-34-66(88)35-17-54)69-40-22-57(23-41-69)63-30-48-78-92-83-73-10-2-6-60-8-4-12-76(80(60)73)98(83)85-94(78)51-63)75(50-90)59-26-44-71(45-27-59)96(67-36-18-55(19-37-67)53-14-32-65(87)33-15-53)70-42-24-58(25-43-70)64-31-49-79-93-84-74-11-3-7-61-9-5-13-77(81(61)74)99(84)86(89)95(79)52-64/h2-49,51-52H/q+2/b82-75-. The number of halogens is 3. The fraction of sp³-hybridized carbons (Fsp3) is 0. The Morgan fingerprint density at radius 1 is 0.434 bits per heavy atom. The van der Waals surface area contributed by atoms with Crippen molar-refractivity contribution in [3.63, 3.8) is 0 Å². The van der Waals surface area contributed by atoms with Gasteiger partial charge in [0.05, 0.1) is 41.4 Å². The van der Waals surface area contributed by atoms with Crippen molar-refractivity contribution in [1.82, 2.24) is 8.96 Å². The van der Waals surface area contributed by atoms with Crippen molar-refractivity contribution in [2.45, 2.75) is 0 Å². The van der Waals surface area contributed by atoms with E-state index in [-0.39, 0.29) is 22.9 Å². The molecule has 0 saturated carbocycles. The number of nitriles is 1. The predicted molar refractivity (Wildman–Crippen MR) is 389 cm³/mol. The fourth-order valence-electron chi connectivity index (χ4n) is 14.2. The Kier molecular flexibility index (Phi) is 13.8. The molecule has 0 aliphatic carbocycles. The lowest BCUT2D eigenvalue weighted by Crippen LogP contribution is -2.58. The molecule has 12 aromatic carbocycles. The summed E-state index contributed by atoms with van der Waals surface area (Å²) < 4.78 is 52.5. The molecule has 0 bridgehead atoms. The van der Waals surface area contributed by atoms with Crippen molar-refractivity contribution in [2.75, 3.05) is 9.80 Å². The van der Waals surface area contributed by atoms with Crippen LogP contribution < -0.4 is 29.7 Å². The number of anilines is 6. The summed E-state index contributed by atoms with van der Waals surface area (Å²) in [6.07, 6.45) is 3.92. The van der Waals surface area contributed by atoms with Gasteiger partial charge in [-0.25, -0.2) is 18.1 Å². The molecule has 1 radical (unpaired) electrons. The summed E-state index contributed by atoms with van der Waals surface area (Å²) in [6.45, 7) is 8.57. The van der Waals surface area contributed by atoms with Gasteiger partial charge in [0.1, 0.15) is 11.6 Å². The summed E-state index contributed by atoms with van der Waals surface area (Å²) in [5.41, 5.74) is 17.3. The van der Waals surface area contributed by atoms with Gasteiger partial charge in [0, 0.05) is 79.2 Å². The van der Waals surface area contributed by atoms with E-state index in [1.165, 1.54) is 35.0 Å². The van der Waals surface area contributed by atoms with Gasteiger partial charge in [-0.15, -0.1) is 0 Å². The third-order valence-electron chi connectivity index (χ3n) is 19.1. The van der Waals surface area contributed by atoms with E-state index in [1.807, 2.05) is 176 Å². The molecule has 16 aromatic rings. The third-order valence-corrected chi connectivity index (χ3v) is 19.1. The molecule has 0 unspecified atom stereocenters. The molecule has 18 rings (SSSR count). The molecule has 6 heterocycles. The number of benzene rings is 12. The number of aromatic nitrogens is 4. The molecule has 2 aliphatic rings. The minimum atomic E-state index is -1.53. The van der Waals surface area contributed by atoms with Crippen LogP contribution in [0, 0.1) is 29.5 Å². The van der Waals surface area contributed by atoms with E-state index >= 15 is 4.32 Å². The lowest BCUT2D eigenvalue weighted by molar-refractivity contribution is -0.535. The summed E-state index contributed by atoms with van der Waals surface area (Å²) in [7, 11) is 0.577. The van der Waals surface area contributed by atoms with Gasteiger partial charge in [-0.3, -0.25) is 13.3 Å². The lowest BCUT2D eigenvalue weighted by Gasteiger charge is -2.26. The number of fused-ring (bicyclic) bond motifs is 8. The Morgan fingerprint density at radius 3 is 1.30 bits per heavy atom. The zero-order valence-electron chi connectivity index (χ0n) is 52.6. The van der Waals surface area contributed by atoms with E-state index in [2.05, 4.69) is 116 Å². The Labute approximate surface area is 567 Å². The SMILES string of the molecule is [C-]#[N+]/C(=C(/C#N)c1ccc(N(c2ccc(-c3ccc(F)cc3)cc2)c2ccc(-c3ccc4[n+](c3)B(F)n3c(c5cccc6cccc3c65)=N4)cc2)cc1)c1ccc(N(c2ccc(-c3ccc(F)cc3)cc2)c2ccc(-c3ccc4[n+](c3)[B]n3c(c5cccc6cccc3c65)=N4)cc2)cc1. The van der Waals surface area contributed by atoms with Crippen LogP contribution in [0.15, 0.2) is 314 Å². The van der Waals surface area contributed by atoms with E-state index in [0.717, 1.165) is 123 Å². The van der Waals surface area contributed by atoms with Gasteiger partial charge in [0.15, 0.2) is 0 Å². The quantitative estimate of drug-likeness (QED) is 0.0529. The minimum absolute atomic E-state index is 0.197. The van der Waals surface area contributed by atoms with Crippen molar-refractivity contribution in [1.29, 1.82) is 5.26 Å². The number of hydrogen-bond acceptors (Lipinski definition) is 5. The maximum absolute atomic E-state index is 16.9.